The van der Waals surface area contributed by atoms with Crippen molar-refractivity contribution in [2.24, 2.45) is 5.92 Å². The molecule has 1 heterocycles. The molecule has 2 fully saturated rings. The highest BCUT2D eigenvalue weighted by atomic mass is 16.3. The molecule has 1 saturated carbocycles. The maximum absolute atomic E-state index is 10.9. The van der Waals surface area contributed by atoms with E-state index in [1.807, 2.05) is 0 Å². The first-order valence-electron chi connectivity index (χ1n) is 7.67. The van der Waals surface area contributed by atoms with Gasteiger partial charge >= 0.3 is 0 Å². The molecule has 0 amide bonds. The van der Waals surface area contributed by atoms with E-state index in [1.54, 1.807) is 0 Å². The van der Waals surface area contributed by atoms with Crippen molar-refractivity contribution in [3.05, 3.63) is 0 Å². The van der Waals surface area contributed by atoms with Gasteiger partial charge in [0.2, 0.25) is 0 Å². The average molecular weight is 239 g/mol. The molecule has 0 aromatic rings. The molecule has 2 aliphatic rings. The number of likely N-dealkylation sites (tertiary alicyclic amines) is 1. The Hall–Kier alpha value is -0.0800. The normalized spacial score (nSPS) is 25.6. The molecule has 1 saturated heterocycles. The van der Waals surface area contributed by atoms with Crippen LogP contribution in [0.15, 0.2) is 0 Å². The second kappa shape index (κ2) is 5.71. The number of aliphatic hydroxyl groups excluding tert-OH is 1. The summed E-state index contributed by atoms with van der Waals surface area (Å²) in [4.78, 5) is 2.59. The zero-order valence-corrected chi connectivity index (χ0v) is 11.6. The lowest BCUT2D eigenvalue weighted by atomic mass is 9.78. The van der Waals surface area contributed by atoms with Gasteiger partial charge in [-0.1, -0.05) is 26.7 Å². The van der Waals surface area contributed by atoms with Crippen molar-refractivity contribution in [2.45, 2.75) is 76.9 Å². The van der Waals surface area contributed by atoms with Crippen LogP contribution >= 0.6 is 0 Å². The lowest BCUT2D eigenvalue weighted by Gasteiger charge is -2.46. The summed E-state index contributed by atoms with van der Waals surface area (Å²) < 4.78 is 0. The van der Waals surface area contributed by atoms with Gasteiger partial charge in [0.15, 0.2) is 0 Å². The summed E-state index contributed by atoms with van der Waals surface area (Å²) in [6.45, 7) is 6.93. The first kappa shape index (κ1) is 13.4. The molecule has 0 bridgehead atoms. The summed E-state index contributed by atoms with van der Waals surface area (Å²) in [7, 11) is 0. The molecular formula is C15H29NO. The first-order chi connectivity index (χ1) is 8.24. The fourth-order valence-electron chi connectivity index (χ4n) is 4.18. The van der Waals surface area contributed by atoms with Crippen molar-refractivity contribution in [1.82, 2.24) is 4.90 Å². The third kappa shape index (κ3) is 2.39. The predicted octanol–water partition coefficient (Wildman–Crippen LogP) is 3.19. The van der Waals surface area contributed by atoms with E-state index in [0.717, 1.165) is 12.8 Å². The molecule has 1 aliphatic heterocycles. The molecule has 0 spiro atoms. The number of rotatable bonds is 5. The van der Waals surface area contributed by atoms with Crippen molar-refractivity contribution in [1.29, 1.82) is 0 Å². The molecule has 2 rings (SSSR count). The number of hydrogen-bond acceptors (Lipinski definition) is 2. The molecule has 0 aromatic carbocycles. The molecule has 2 heteroatoms. The fourth-order valence-corrected chi connectivity index (χ4v) is 4.18. The first-order valence-corrected chi connectivity index (χ1v) is 7.67. The van der Waals surface area contributed by atoms with Gasteiger partial charge in [-0.05, 0) is 57.5 Å². The van der Waals surface area contributed by atoms with Crippen LogP contribution in [0.2, 0.25) is 0 Å². The summed E-state index contributed by atoms with van der Waals surface area (Å²) in [5, 5.41) is 10.9. The van der Waals surface area contributed by atoms with Crippen molar-refractivity contribution >= 4 is 0 Å². The number of nitrogens with zero attached hydrogens (tertiary/aromatic N) is 1. The van der Waals surface area contributed by atoms with Gasteiger partial charge in [-0.3, -0.25) is 4.90 Å². The summed E-state index contributed by atoms with van der Waals surface area (Å²) in [6, 6.07) is 0. The highest BCUT2D eigenvalue weighted by molar-refractivity contribution is 4.99. The van der Waals surface area contributed by atoms with Crippen LogP contribution in [0.3, 0.4) is 0 Å². The number of hydrogen-bond donors (Lipinski definition) is 1. The summed E-state index contributed by atoms with van der Waals surface area (Å²) >= 11 is 0. The van der Waals surface area contributed by atoms with E-state index in [-0.39, 0.29) is 11.6 Å². The van der Waals surface area contributed by atoms with Gasteiger partial charge in [-0.15, -0.1) is 0 Å². The molecule has 100 valence electrons. The van der Waals surface area contributed by atoms with Gasteiger partial charge in [0.25, 0.3) is 0 Å². The maximum atomic E-state index is 10.9. The van der Waals surface area contributed by atoms with E-state index in [2.05, 4.69) is 18.7 Å². The standard InChI is InChI=1S/C15H29NO/c1-3-15(4-2,16-11-7-8-12-16)14(17)13-9-5-6-10-13/h13-14,17H,3-12H2,1-2H3. The minimum absolute atomic E-state index is 0.0749. The topological polar surface area (TPSA) is 23.5 Å². The Morgan fingerprint density at radius 3 is 2.06 bits per heavy atom. The summed E-state index contributed by atoms with van der Waals surface area (Å²) in [5.41, 5.74) is 0.0749. The molecule has 0 radical (unpaired) electrons. The van der Waals surface area contributed by atoms with Crippen LogP contribution in [0, 0.1) is 5.92 Å². The Balaban J connectivity index is 2.13. The van der Waals surface area contributed by atoms with E-state index in [4.69, 9.17) is 0 Å². The largest absolute Gasteiger partial charge is 0.391 e. The predicted molar refractivity (Wildman–Crippen MR) is 72.1 cm³/mol. The smallest absolute Gasteiger partial charge is 0.0751 e. The molecule has 2 nitrogen and oxygen atoms in total. The van der Waals surface area contributed by atoms with Crippen LogP contribution in [0.1, 0.15) is 65.2 Å². The SMILES string of the molecule is CCC(CC)(C(O)C1CCCC1)N1CCCC1. The molecule has 1 unspecified atom stereocenters. The average Bonchev–Trinajstić information content (AvgIpc) is 3.04. The van der Waals surface area contributed by atoms with E-state index in [9.17, 15) is 5.11 Å². The Morgan fingerprint density at radius 1 is 1.06 bits per heavy atom. The lowest BCUT2D eigenvalue weighted by Crippen LogP contribution is -2.57. The molecule has 17 heavy (non-hydrogen) atoms. The van der Waals surface area contributed by atoms with E-state index in [0.29, 0.717) is 5.92 Å². The van der Waals surface area contributed by atoms with Gasteiger partial charge in [0.05, 0.1) is 6.10 Å². The number of aliphatic hydroxyl groups is 1. The van der Waals surface area contributed by atoms with Crippen molar-refractivity contribution in [3.63, 3.8) is 0 Å². The molecule has 1 aliphatic carbocycles. The Kier molecular flexibility index (Phi) is 4.48. The van der Waals surface area contributed by atoms with Gasteiger partial charge in [-0.25, -0.2) is 0 Å². The fraction of sp³-hybridized carbons (Fsp3) is 1.00. The lowest BCUT2D eigenvalue weighted by molar-refractivity contribution is -0.0572. The second-order valence-corrected chi connectivity index (χ2v) is 5.99. The van der Waals surface area contributed by atoms with Crippen LogP contribution in [-0.2, 0) is 0 Å². The van der Waals surface area contributed by atoms with Crippen LogP contribution in [0.4, 0.5) is 0 Å². The van der Waals surface area contributed by atoms with E-state index >= 15 is 0 Å². The van der Waals surface area contributed by atoms with E-state index in [1.165, 1.54) is 51.6 Å². The van der Waals surface area contributed by atoms with Gasteiger partial charge in [0, 0.05) is 5.54 Å². The highest BCUT2D eigenvalue weighted by Gasteiger charge is 2.44. The van der Waals surface area contributed by atoms with Crippen molar-refractivity contribution in [3.8, 4) is 0 Å². The minimum atomic E-state index is -0.0990. The van der Waals surface area contributed by atoms with Gasteiger partial charge in [-0.2, -0.15) is 0 Å². The minimum Gasteiger partial charge on any atom is -0.391 e. The zero-order chi connectivity index (χ0) is 12.3. The van der Waals surface area contributed by atoms with Crippen molar-refractivity contribution < 1.29 is 5.11 Å². The molecule has 1 N–H and O–H groups in total. The van der Waals surface area contributed by atoms with Crippen LogP contribution in [-0.4, -0.2) is 34.7 Å². The van der Waals surface area contributed by atoms with Crippen LogP contribution in [0.25, 0.3) is 0 Å². The quantitative estimate of drug-likeness (QED) is 0.796. The van der Waals surface area contributed by atoms with Crippen LogP contribution < -0.4 is 0 Å². The van der Waals surface area contributed by atoms with Gasteiger partial charge < -0.3 is 5.11 Å². The molecule has 1 atom stereocenters. The summed E-state index contributed by atoms with van der Waals surface area (Å²) in [6.07, 6.45) is 9.88. The zero-order valence-electron chi connectivity index (χ0n) is 11.6. The third-order valence-corrected chi connectivity index (χ3v) is 5.36. The molecular weight excluding hydrogens is 210 g/mol. The Morgan fingerprint density at radius 2 is 1.59 bits per heavy atom. The van der Waals surface area contributed by atoms with Gasteiger partial charge in [0.1, 0.15) is 0 Å². The molecule has 0 aromatic heterocycles. The Labute approximate surface area is 106 Å². The third-order valence-electron chi connectivity index (χ3n) is 5.36. The van der Waals surface area contributed by atoms with E-state index < -0.39 is 0 Å². The monoisotopic (exact) mass is 239 g/mol. The van der Waals surface area contributed by atoms with Crippen molar-refractivity contribution in [2.75, 3.05) is 13.1 Å². The second-order valence-electron chi connectivity index (χ2n) is 5.99. The maximum Gasteiger partial charge on any atom is 0.0751 e. The Bertz CT molecular complexity index is 225. The highest BCUT2D eigenvalue weighted by Crippen LogP contribution is 2.39. The van der Waals surface area contributed by atoms with Crippen LogP contribution in [0.5, 0.6) is 0 Å². The summed E-state index contributed by atoms with van der Waals surface area (Å²) in [5.74, 6) is 0.565.